The largest absolute Gasteiger partial charge is 0.398 e. The lowest BCUT2D eigenvalue weighted by molar-refractivity contribution is -0.105. The molecule has 0 aliphatic heterocycles. The molecule has 1 aromatic rings. The van der Waals surface area contributed by atoms with Gasteiger partial charge in [0.15, 0.2) is 0 Å². The third-order valence-corrected chi connectivity index (χ3v) is 3.33. The molecule has 0 fully saturated rings. The van der Waals surface area contributed by atoms with Gasteiger partial charge < -0.3 is 5.73 Å². The smallest absolute Gasteiger partial charge is 0.397 e. The lowest BCUT2D eigenvalue weighted by atomic mass is 10.2. The van der Waals surface area contributed by atoms with Crippen LogP contribution in [0.1, 0.15) is 5.56 Å². The summed E-state index contributed by atoms with van der Waals surface area (Å²) in [6.45, 7) is 0. The number of benzene rings is 1. The van der Waals surface area contributed by atoms with Gasteiger partial charge >= 0.3 is 6.18 Å². The monoisotopic (exact) mass is 266 g/mol. The van der Waals surface area contributed by atoms with Crippen molar-refractivity contribution in [3.05, 3.63) is 22.7 Å². The van der Waals surface area contributed by atoms with Crippen LogP contribution in [0.25, 0.3) is 0 Å². The van der Waals surface area contributed by atoms with E-state index in [1.165, 1.54) is 12.1 Å². The summed E-state index contributed by atoms with van der Waals surface area (Å²) in [5.41, 5.74) is 5.70. The SMILES string of the molecule is N#Cc1ccc(N)c(Cl)c1SCC(F)(F)F. The first-order chi connectivity index (χ1) is 7.35. The molecule has 2 nitrogen and oxygen atoms in total. The Balaban J connectivity index is 3.03. The molecule has 0 bridgehead atoms. The van der Waals surface area contributed by atoms with Gasteiger partial charge in [-0.05, 0) is 12.1 Å². The number of nitriles is 1. The molecule has 0 amide bonds. The molecule has 0 aliphatic rings. The molecule has 2 N–H and O–H groups in total. The summed E-state index contributed by atoms with van der Waals surface area (Å²) in [6.07, 6.45) is -4.31. The van der Waals surface area contributed by atoms with Gasteiger partial charge in [0.05, 0.1) is 22.0 Å². The summed E-state index contributed by atoms with van der Waals surface area (Å²) in [4.78, 5) is 0.0708. The lowest BCUT2D eigenvalue weighted by Crippen LogP contribution is -2.11. The molecule has 7 heteroatoms. The van der Waals surface area contributed by atoms with Crippen LogP contribution in [0.2, 0.25) is 5.02 Å². The number of nitrogen functional groups attached to an aromatic ring is 1. The van der Waals surface area contributed by atoms with Crippen molar-refractivity contribution >= 4 is 29.1 Å². The molecule has 0 aromatic heterocycles. The standard InChI is InChI=1S/C9H6ClF3N2S/c10-7-6(15)2-1-5(3-14)8(7)16-4-9(11,12)13/h1-2H,4,15H2. The normalized spacial score (nSPS) is 11.2. The van der Waals surface area contributed by atoms with Crippen molar-refractivity contribution in [2.45, 2.75) is 11.1 Å². The Hall–Kier alpha value is -1.06. The third kappa shape index (κ3) is 3.22. The second-order valence-corrected chi connectivity index (χ2v) is 4.22. The first-order valence-corrected chi connectivity index (χ1v) is 5.39. The van der Waals surface area contributed by atoms with E-state index in [1.54, 1.807) is 6.07 Å². The van der Waals surface area contributed by atoms with Gasteiger partial charge in [-0.25, -0.2) is 0 Å². The Morgan fingerprint density at radius 2 is 2.06 bits per heavy atom. The zero-order valence-electron chi connectivity index (χ0n) is 7.81. The Kier molecular flexibility index (Phi) is 3.94. The summed E-state index contributed by atoms with van der Waals surface area (Å²) < 4.78 is 36.1. The van der Waals surface area contributed by atoms with Crippen LogP contribution in [0.3, 0.4) is 0 Å². The summed E-state index contributed by atoms with van der Waals surface area (Å²) in [7, 11) is 0. The second-order valence-electron chi connectivity index (χ2n) is 2.86. The average Bonchev–Trinajstić information content (AvgIpc) is 2.19. The maximum atomic E-state index is 12.0. The van der Waals surface area contributed by atoms with E-state index in [4.69, 9.17) is 22.6 Å². The van der Waals surface area contributed by atoms with Crippen LogP contribution in [-0.4, -0.2) is 11.9 Å². The molecule has 0 heterocycles. The summed E-state index contributed by atoms with van der Waals surface area (Å²) in [5.74, 6) is -1.11. The Labute approximate surface area is 99.2 Å². The summed E-state index contributed by atoms with van der Waals surface area (Å²) in [5, 5.41) is 8.71. The number of rotatable bonds is 2. The Bertz CT molecular complexity index is 440. The molecule has 0 aliphatic carbocycles. The van der Waals surface area contributed by atoms with Gasteiger partial charge in [0.25, 0.3) is 0 Å². The van der Waals surface area contributed by atoms with E-state index in [9.17, 15) is 13.2 Å². The Morgan fingerprint density at radius 1 is 1.44 bits per heavy atom. The van der Waals surface area contributed by atoms with Crippen LogP contribution < -0.4 is 5.73 Å². The molecule has 16 heavy (non-hydrogen) atoms. The van der Waals surface area contributed by atoms with Crippen molar-refractivity contribution < 1.29 is 13.2 Å². The van der Waals surface area contributed by atoms with Crippen molar-refractivity contribution in [1.82, 2.24) is 0 Å². The van der Waals surface area contributed by atoms with Gasteiger partial charge in [0.1, 0.15) is 6.07 Å². The fourth-order valence-corrected chi connectivity index (χ4v) is 2.10. The van der Waals surface area contributed by atoms with E-state index in [-0.39, 0.29) is 21.2 Å². The average molecular weight is 267 g/mol. The molecule has 1 aromatic carbocycles. The number of halogens is 4. The van der Waals surface area contributed by atoms with Gasteiger partial charge in [-0.2, -0.15) is 18.4 Å². The number of alkyl halides is 3. The van der Waals surface area contributed by atoms with Gasteiger partial charge in [-0.15, -0.1) is 11.8 Å². The molecular weight excluding hydrogens is 261 g/mol. The first-order valence-electron chi connectivity index (χ1n) is 4.03. The highest BCUT2D eigenvalue weighted by Crippen LogP contribution is 2.37. The number of hydrogen-bond donors (Lipinski definition) is 1. The third-order valence-electron chi connectivity index (χ3n) is 1.63. The van der Waals surface area contributed by atoms with Crippen molar-refractivity contribution in [2.24, 2.45) is 0 Å². The molecule has 86 valence electrons. The molecule has 1 rings (SSSR count). The van der Waals surface area contributed by atoms with Crippen molar-refractivity contribution in [1.29, 1.82) is 5.26 Å². The first kappa shape index (κ1) is 13.0. The zero-order chi connectivity index (χ0) is 12.3. The molecule has 0 atom stereocenters. The van der Waals surface area contributed by atoms with E-state index in [0.29, 0.717) is 11.8 Å². The fraction of sp³-hybridized carbons (Fsp3) is 0.222. The van der Waals surface area contributed by atoms with Gasteiger partial charge in [0.2, 0.25) is 0 Å². The quantitative estimate of drug-likeness (QED) is 0.659. The molecule has 0 saturated heterocycles. The van der Waals surface area contributed by atoms with Gasteiger partial charge in [-0.3, -0.25) is 0 Å². The van der Waals surface area contributed by atoms with Crippen molar-refractivity contribution in [3.63, 3.8) is 0 Å². The second kappa shape index (κ2) is 4.85. The van der Waals surface area contributed by atoms with Crippen molar-refractivity contribution in [2.75, 3.05) is 11.5 Å². The molecule has 0 saturated carbocycles. The molecule has 0 unspecified atom stereocenters. The highest BCUT2D eigenvalue weighted by atomic mass is 35.5. The van der Waals surface area contributed by atoms with E-state index in [1.807, 2.05) is 0 Å². The van der Waals surface area contributed by atoms with E-state index in [2.05, 4.69) is 0 Å². The van der Waals surface area contributed by atoms with Crippen LogP contribution >= 0.6 is 23.4 Å². The van der Waals surface area contributed by atoms with Gasteiger partial charge in [0, 0.05) is 4.90 Å². The maximum absolute atomic E-state index is 12.0. The molecule has 0 radical (unpaired) electrons. The Morgan fingerprint density at radius 3 is 2.56 bits per heavy atom. The van der Waals surface area contributed by atoms with Crippen LogP contribution in [0.4, 0.5) is 18.9 Å². The minimum Gasteiger partial charge on any atom is -0.397 e. The zero-order valence-corrected chi connectivity index (χ0v) is 9.38. The predicted octanol–water partition coefficient (Wildman–Crippen LogP) is 3.45. The van der Waals surface area contributed by atoms with Crippen LogP contribution in [0.5, 0.6) is 0 Å². The van der Waals surface area contributed by atoms with E-state index >= 15 is 0 Å². The maximum Gasteiger partial charge on any atom is 0.398 e. The predicted molar refractivity (Wildman–Crippen MR) is 57.4 cm³/mol. The van der Waals surface area contributed by atoms with Crippen LogP contribution in [-0.2, 0) is 0 Å². The topological polar surface area (TPSA) is 49.8 Å². The summed E-state index contributed by atoms with van der Waals surface area (Å²) in [6, 6.07) is 4.51. The number of anilines is 1. The summed E-state index contributed by atoms with van der Waals surface area (Å²) >= 11 is 6.20. The van der Waals surface area contributed by atoms with E-state index in [0.717, 1.165) is 0 Å². The number of thioether (sulfide) groups is 1. The van der Waals surface area contributed by atoms with Crippen LogP contribution in [0.15, 0.2) is 17.0 Å². The van der Waals surface area contributed by atoms with Gasteiger partial charge in [-0.1, -0.05) is 11.6 Å². The minimum atomic E-state index is -4.31. The highest BCUT2D eigenvalue weighted by molar-refractivity contribution is 7.99. The highest BCUT2D eigenvalue weighted by Gasteiger charge is 2.28. The van der Waals surface area contributed by atoms with E-state index < -0.39 is 11.9 Å². The lowest BCUT2D eigenvalue weighted by Gasteiger charge is -2.10. The van der Waals surface area contributed by atoms with Crippen LogP contribution in [0, 0.1) is 11.3 Å². The number of hydrogen-bond acceptors (Lipinski definition) is 3. The fourth-order valence-electron chi connectivity index (χ4n) is 0.954. The molecule has 0 spiro atoms. The number of nitrogens with two attached hydrogens (primary N) is 1. The molecular formula is C9H6ClF3N2S. The van der Waals surface area contributed by atoms with Crippen molar-refractivity contribution in [3.8, 4) is 6.07 Å². The number of nitrogens with zero attached hydrogens (tertiary/aromatic N) is 1. The minimum absolute atomic E-state index is 0.00620.